The van der Waals surface area contributed by atoms with E-state index < -0.39 is 0 Å². The lowest BCUT2D eigenvalue weighted by Crippen LogP contribution is -2.36. The van der Waals surface area contributed by atoms with Crippen LogP contribution in [0.3, 0.4) is 0 Å². The van der Waals surface area contributed by atoms with Crippen LogP contribution in [0.2, 0.25) is 0 Å². The van der Waals surface area contributed by atoms with Gasteiger partial charge in [0.25, 0.3) is 0 Å². The van der Waals surface area contributed by atoms with Crippen LogP contribution >= 0.6 is 0 Å². The van der Waals surface area contributed by atoms with Crippen LogP contribution in [0, 0.1) is 5.92 Å². The minimum absolute atomic E-state index is 0.995. The average Bonchev–Trinajstić information content (AvgIpc) is 1.80. The van der Waals surface area contributed by atoms with E-state index in [9.17, 15) is 0 Å². The Labute approximate surface area is 50.7 Å². The Morgan fingerprint density at radius 3 is 2.38 bits per heavy atom. The second-order valence-electron chi connectivity index (χ2n) is 3.17. The molecule has 46 valence electrons. The molecule has 1 unspecified atom stereocenters. The molecule has 0 aromatic rings. The van der Waals surface area contributed by atoms with Crippen molar-refractivity contribution >= 4 is 0 Å². The summed E-state index contributed by atoms with van der Waals surface area (Å²) >= 11 is 0. The van der Waals surface area contributed by atoms with Gasteiger partial charge in [0.2, 0.25) is 0 Å². The first kappa shape index (κ1) is 4.80. The van der Waals surface area contributed by atoms with Gasteiger partial charge in [0, 0.05) is 6.04 Å². The van der Waals surface area contributed by atoms with Crippen molar-refractivity contribution in [3.8, 4) is 0 Å². The summed E-state index contributed by atoms with van der Waals surface area (Å²) in [4.78, 5) is 2.51. The molecule has 1 heterocycles. The van der Waals surface area contributed by atoms with Gasteiger partial charge in [-0.1, -0.05) is 0 Å². The van der Waals surface area contributed by atoms with Crippen molar-refractivity contribution in [3.05, 3.63) is 0 Å². The van der Waals surface area contributed by atoms with Gasteiger partial charge in [-0.2, -0.15) is 0 Å². The third kappa shape index (κ3) is 0.455. The maximum atomic E-state index is 2.51. The molecule has 0 bridgehead atoms. The van der Waals surface area contributed by atoms with Gasteiger partial charge in [-0.05, 0) is 38.8 Å². The molecule has 1 nitrogen and oxygen atoms in total. The second-order valence-corrected chi connectivity index (χ2v) is 3.17. The summed E-state index contributed by atoms with van der Waals surface area (Å²) in [5, 5.41) is 0. The highest BCUT2D eigenvalue weighted by Crippen LogP contribution is 2.38. The lowest BCUT2D eigenvalue weighted by atomic mass is 9.80. The monoisotopic (exact) mass is 111 g/mol. The van der Waals surface area contributed by atoms with Gasteiger partial charge in [-0.15, -0.1) is 0 Å². The Balaban J connectivity index is 2.05. The van der Waals surface area contributed by atoms with Crippen LogP contribution in [0.5, 0.6) is 0 Å². The fourth-order valence-corrected chi connectivity index (χ4v) is 2.00. The van der Waals surface area contributed by atoms with Crippen LogP contribution in [0.1, 0.15) is 19.3 Å². The van der Waals surface area contributed by atoms with Crippen LogP contribution < -0.4 is 0 Å². The molecule has 1 saturated carbocycles. The van der Waals surface area contributed by atoms with Crippen molar-refractivity contribution in [2.75, 3.05) is 13.6 Å². The third-order valence-electron chi connectivity index (χ3n) is 2.80. The SMILES string of the molecule is CN1CC[C@H]2CCC21. The molecule has 1 aliphatic carbocycles. The molecule has 2 rings (SSSR count). The number of fused-ring (bicyclic) bond motifs is 1. The Bertz CT molecular complexity index is 94.6. The van der Waals surface area contributed by atoms with E-state index in [1.54, 1.807) is 0 Å². The summed E-state index contributed by atoms with van der Waals surface area (Å²) < 4.78 is 0. The zero-order valence-corrected chi connectivity index (χ0v) is 5.43. The van der Waals surface area contributed by atoms with E-state index >= 15 is 0 Å². The van der Waals surface area contributed by atoms with Crippen molar-refractivity contribution < 1.29 is 0 Å². The quantitative estimate of drug-likeness (QED) is 0.452. The molecule has 0 radical (unpaired) electrons. The third-order valence-corrected chi connectivity index (χ3v) is 2.80. The van der Waals surface area contributed by atoms with Crippen molar-refractivity contribution in [2.24, 2.45) is 5.92 Å². The summed E-state index contributed by atoms with van der Waals surface area (Å²) in [6.07, 6.45) is 4.46. The Morgan fingerprint density at radius 2 is 2.12 bits per heavy atom. The minimum Gasteiger partial charge on any atom is -0.303 e. The van der Waals surface area contributed by atoms with E-state index in [4.69, 9.17) is 0 Å². The second kappa shape index (κ2) is 1.47. The topological polar surface area (TPSA) is 3.24 Å². The standard InChI is InChI=1S/C7H13N/c1-8-5-4-6-2-3-7(6)8/h6-7H,2-5H2,1H3/t6-,7?/m1/s1. The number of hydrogen-bond donors (Lipinski definition) is 0. The fraction of sp³-hybridized carbons (Fsp3) is 1.00. The summed E-state index contributed by atoms with van der Waals surface area (Å²) in [5.74, 6) is 1.10. The molecule has 2 aliphatic rings. The largest absolute Gasteiger partial charge is 0.303 e. The summed E-state index contributed by atoms with van der Waals surface area (Å²) in [6, 6.07) is 0.995. The molecule has 1 aliphatic heterocycles. The molecule has 0 aromatic heterocycles. The molecule has 2 fully saturated rings. The zero-order valence-electron chi connectivity index (χ0n) is 5.43. The molecule has 0 amide bonds. The van der Waals surface area contributed by atoms with E-state index in [1.807, 2.05) is 0 Å². The van der Waals surface area contributed by atoms with Crippen LogP contribution in [-0.4, -0.2) is 24.5 Å². The molecule has 1 saturated heterocycles. The highest BCUT2D eigenvalue weighted by Gasteiger charge is 2.38. The smallest absolute Gasteiger partial charge is 0.0121 e. The van der Waals surface area contributed by atoms with E-state index in [0.717, 1.165) is 12.0 Å². The molecule has 8 heavy (non-hydrogen) atoms. The minimum atomic E-state index is 0.995. The van der Waals surface area contributed by atoms with Crippen LogP contribution in [0.4, 0.5) is 0 Å². The van der Waals surface area contributed by atoms with Crippen LogP contribution in [0.15, 0.2) is 0 Å². The Morgan fingerprint density at radius 1 is 1.25 bits per heavy atom. The highest BCUT2D eigenvalue weighted by molar-refractivity contribution is 4.92. The van der Waals surface area contributed by atoms with Gasteiger partial charge in [0.05, 0.1) is 0 Å². The molecule has 0 spiro atoms. The molecule has 1 heteroatoms. The van der Waals surface area contributed by atoms with Crippen LogP contribution in [-0.2, 0) is 0 Å². The van der Waals surface area contributed by atoms with Crippen molar-refractivity contribution in [3.63, 3.8) is 0 Å². The molecular formula is C7H13N. The number of nitrogens with zero attached hydrogens (tertiary/aromatic N) is 1. The molecule has 0 aromatic carbocycles. The van der Waals surface area contributed by atoms with E-state index in [2.05, 4.69) is 11.9 Å². The first-order valence-corrected chi connectivity index (χ1v) is 3.58. The normalized spacial score (nSPS) is 46.1. The van der Waals surface area contributed by atoms with E-state index in [-0.39, 0.29) is 0 Å². The maximum Gasteiger partial charge on any atom is 0.0121 e. The predicted molar refractivity (Wildman–Crippen MR) is 33.8 cm³/mol. The number of likely N-dealkylation sites (tertiary alicyclic amines) is 1. The van der Waals surface area contributed by atoms with Crippen LogP contribution in [0.25, 0.3) is 0 Å². The maximum absolute atomic E-state index is 2.51. The summed E-state index contributed by atoms with van der Waals surface area (Å²) in [6.45, 7) is 1.36. The first-order chi connectivity index (χ1) is 3.88. The lowest BCUT2D eigenvalue weighted by Gasteiger charge is -2.33. The van der Waals surface area contributed by atoms with E-state index in [1.165, 1.54) is 25.8 Å². The van der Waals surface area contributed by atoms with Crippen molar-refractivity contribution in [2.45, 2.75) is 25.3 Å². The lowest BCUT2D eigenvalue weighted by molar-refractivity contribution is 0.169. The first-order valence-electron chi connectivity index (χ1n) is 3.58. The number of rotatable bonds is 0. The van der Waals surface area contributed by atoms with E-state index in [0.29, 0.717) is 0 Å². The van der Waals surface area contributed by atoms with Gasteiger partial charge in [-0.25, -0.2) is 0 Å². The average molecular weight is 111 g/mol. The predicted octanol–water partition coefficient (Wildman–Crippen LogP) is 1.10. The van der Waals surface area contributed by atoms with Crippen molar-refractivity contribution in [1.82, 2.24) is 4.90 Å². The van der Waals surface area contributed by atoms with Gasteiger partial charge < -0.3 is 4.90 Å². The highest BCUT2D eigenvalue weighted by atomic mass is 15.2. The van der Waals surface area contributed by atoms with Gasteiger partial charge in [0.15, 0.2) is 0 Å². The Hall–Kier alpha value is -0.0400. The van der Waals surface area contributed by atoms with Gasteiger partial charge >= 0.3 is 0 Å². The van der Waals surface area contributed by atoms with Gasteiger partial charge in [0.1, 0.15) is 0 Å². The Kier molecular flexibility index (Phi) is 0.884. The summed E-state index contributed by atoms with van der Waals surface area (Å²) in [5.41, 5.74) is 0. The summed E-state index contributed by atoms with van der Waals surface area (Å²) in [7, 11) is 2.25. The molecule has 0 N–H and O–H groups in total. The molecular weight excluding hydrogens is 98.1 g/mol. The fourth-order valence-electron chi connectivity index (χ4n) is 2.00. The van der Waals surface area contributed by atoms with Crippen molar-refractivity contribution in [1.29, 1.82) is 0 Å². The van der Waals surface area contributed by atoms with Gasteiger partial charge in [-0.3, -0.25) is 0 Å². The molecule has 2 atom stereocenters. The number of hydrogen-bond acceptors (Lipinski definition) is 1. The zero-order chi connectivity index (χ0) is 5.56.